The molecule has 0 saturated heterocycles. The lowest BCUT2D eigenvalue weighted by Crippen LogP contribution is -2.27. The third kappa shape index (κ3) is 3.76. The number of hydrogen-bond acceptors (Lipinski definition) is 3. The van der Waals surface area contributed by atoms with Crippen molar-refractivity contribution in [3.05, 3.63) is 65.5 Å². The van der Waals surface area contributed by atoms with E-state index in [9.17, 15) is 4.79 Å². The first kappa shape index (κ1) is 15.2. The molecule has 0 aliphatic rings. The molecule has 3 N–H and O–H groups in total. The van der Waals surface area contributed by atoms with Crippen molar-refractivity contribution in [3.8, 4) is 0 Å². The lowest BCUT2D eigenvalue weighted by Gasteiger charge is -2.06. The summed E-state index contributed by atoms with van der Waals surface area (Å²) >= 11 is 0. The van der Waals surface area contributed by atoms with Crippen molar-refractivity contribution >= 4 is 16.9 Å². The summed E-state index contributed by atoms with van der Waals surface area (Å²) in [6, 6.07) is 11.6. The SMILES string of the molecule is O=C(Cc1c[nH]c2ncccc12)NCCc1ccc(CO)cc1. The Morgan fingerprint density at radius 2 is 1.96 bits per heavy atom. The maximum absolute atomic E-state index is 12.1. The molecule has 0 radical (unpaired) electrons. The van der Waals surface area contributed by atoms with E-state index in [-0.39, 0.29) is 12.5 Å². The van der Waals surface area contributed by atoms with Gasteiger partial charge >= 0.3 is 0 Å². The number of nitrogens with zero attached hydrogens (tertiary/aromatic N) is 1. The number of H-pyrrole nitrogens is 1. The Morgan fingerprint density at radius 3 is 2.74 bits per heavy atom. The van der Waals surface area contributed by atoms with Crippen LogP contribution in [0.25, 0.3) is 11.0 Å². The summed E-state index contributed by atoms with van der Waals surface area (Å²) in [7, 11) is 0. The highest BCUT2D eigenvalue weighted by atomic mass is 16.3. The van der Waals surface area contributed by atoms with Crippen LogP contribution < -0.4 is 5.32 Å². The second-order valence-electron chi connectivity index (χ2n) is 5.46. The Balaban J connectivity index is 1.51. The zero-order chi connectivity index (χ0) is 16.1. The lowest BCUT2D eigenvalue weighted by molar-refractivity contribution is -0.120. The van der Waals surface area contributed by atoms with E-state index in [4.69, 9.17) is 5.11 Å². The maximum Gasteiger partial charge on any atom is 0.224 e. The number of pyridine rings is 1. The first-order valence-corrected chi connectivity index (χ1v) is 7.62. The first-order chi connectivity index (χ1) is 11.3. The molecule has 3 aromatic rings. The molecule has 0 spiro atoms. The standard InChI is InChI=1S/C18H19N3O2/c22-12-14-5-3-13(4-6-14)7-9-19-17(23)10-15-11-21-18-16(15)2-1-8-20-18/h1-6,8,11,22H,7,9-10,12H2,(H,19,23)(H,20,21). The van der Waals surface area contributed by atoms with Crippen molar-refractivity contribution in [1.82, 2.24) is 15.3 Å². The molecule has 0 unspecified atom stereocenters. The third-order valence-corrected chi connectivity index (χ3v) is 3.83. The molecule has 2 aromatic heterocycles. The molecule has 0 fully saturated rings. The summed E-state index contributed by atoms with van der Waals surface area (Å²) < 4.78 is 0. The summed E-state index contributed by atoms with van der Waals surface area (Å²) in [5.74, 6) is 0.00160. The average molecular weight is 309 g/mol. The van der Waals surface area contributed by atoms with Crippen LogP contribution in [0.15, 0.2) is 48.8 Å². The Hall–Kier alpha value is -2.66. The van der Waals surface area contributed by atoms with Crippen LogP contribution in [-0.4, -0.2) is 27.5 Å². The van der Waals surface area contributed by atoms with Crippen LogP contribution in [0.5, 0.6) is 0 Å². The number of nitrogens with one attached hydrogen (secondary N) is 2. The minimum atomic E-state index is 0.00160. The van der Waals surface area contributed by atoms with E-state index in [1.54, 1.807) is 6.20 Å². The van der Waals surface area contributed by atoms with Crippen LogP contribution in [0.1, 0.15) is 16.7 Å². The first-order valence-electron chi connectivity index (χ1n) is 7.62. The van der Waals surface area contributed by atoms with Crippen LogP contribution in [0.4, 0.5) is 0 Å². The highest BCUT2D eigenvalue weighted by Gasteiger charge is 2.08. The second-order valence-corrected chi connectivity index (χ2v) is 5.46. The minimum absolute atomic E-state index is 0.00160. The summed E-state index contributed by atoms with van der Waals surface area (Å²) in [4.78, 5) is 19.4. The van der Waals surface area contributed by atoms with Gasteiger partial charge in [-0.3, -0.25) is 4.79 Å². The maximum atomic E-state index is 12.1. The zero-order valence-electron chi connectivity index (χ0n) is 12.7. The molecule has 5 nitrogen and oxygen atoms in total. The molecule has 2 heterocycles. The van der Waals surface area contributed by atoms with Crippen LogP contribution in [-0.2, 0) is 24.2 Å². The third-order valence-electron chi connectivity index (χ3n) is 3.83. The van der Waals surface area contributed by atoms with Gasteiger partial charge in [-0.05, 0) is 35.2 Å². The number of hydrogen-bond donors (Lipinski definition) is 3. The summed E-state index contributed by atoms with van der Waals surface area (Å²) in [6.45, 7) is 0.647. The Kier molecular flexibility index (Phi) is 4.68. The molecule has 118 valence electrons. The van der Waals surface area contributed by atoms with E-state index < -0.39 is 0 Å². The fourth-order valence-electron chi connectivity index (χ4n) is 2.55. The highest BCUT2D eigenvalue weighted by molar-refractivity contribution is 5.87. The smallest absolute Gasteiger partial charge is 0.224 e. The molecule has 0 bridgehead atoms. The molecular formula is C18H19N3O2. The highest BCUT2D eigenvalue weighted by Crippen LogP contribution is 2.15. The molecule has 0 aliphatic heterocycles. The Bertz CT molecular complexity index is 793. The van der Waals surface area contributed by atoms with E-state index in [1.807, 2.05) is 42.6 Å². The van der Waals surface area contributed by atoms with Gasteiger partial charge in [0.05, 0.1) is 13.0 Å². The number of amides is 1. The van der Waals surface area contributed by atoms with Crippen LogP contribution in [0.2, 0.25) is 0 Å². The van der Waals surface area contributed by atoms with Crippen molar-refractivity contribution in [2.75, 3.05) is 6.54 Å². The lowest BCUT2D eigenvalue weighted by atomic mass is 10.1. The van der Waals surface area contributed by atoms with Gasteiger partial charge in [-0.2, -0.15) is 0 Å². The van der Waals surface area contributed by atoms with E-state index in [0.29, 0.717) is 13.0 Å². The predicted octanol–water partition coefficient (Wildman–Crippen LogP) is 1.96. The number of rotatable bonds is 6. The Labute approximate surface area is 134 Å². The van der Waals surface area contributed by atoms with Gasteiger partial charge in [-0.25, -0.2) is 4.98 Å². The van der Waals surface area contributed by atoms with Crippen molar-refractivity contribution in [2.45, 2.75) is 19.4 Å². The molecule has 3 rings (SSSR count). The molecule has 5 heteroatoms. The predicted molar refractivity (Wildman–Crippen MR) is 88.9 cm³/mol. The number of aromatic nitrogens is 2. The van der Waals surface area contributed by atoms with Crippen LogP contribution in [0, 0.1) is 0 Å². The molecule has 1 aromatic carbocycles. The number of aromatic amines is 1. The molecule has 0 atom stereocenters. The normalized spacial score (nSPS) is 10.8. The van der Waals surface area contributed by atoms with Gasteiger partial charge in [0.25, 0.3) is 0 Å². The van der Waals surface area contributed by atoms with Gasteiger partial charge in [-0.1, -0.05) is 24.3 Å². The zero-order valence-corrected chi connectivity index (χ0v) is 12.7. The number of aliphatic hydroxyl groups is 1. The molecule has 0 aliphatic carbocycles. The van der Waals surface area contributed by atoms with Gasteiger partial charge in [0, 0.05) is 24.3 Å². The molecule has 1 amide bonds. The fraction of sp³-hybridized carbons (Fsp3) is 0.222. The van der Waals surface area contributed by atoms with Crippen molar-refractivity contribution in [3.63, 3.8) is 0 Å². The average Bonchev–Trinajstić information content (AvgIpc) is 2.99. The summed E-state index contributed by atoms with van der Waals surface area (Å²) in [5.41, 5.74) is 3.79. The van der Waals surface area contributed by atoms with Gasteiger partial charge in [0.15, 0.2) is 0 Å². The van der Waals surface area contributed by atoms with Crippen molar-refractivity contribution < 1.29 is 9.90 Å². The van der Waals surface area contributed by atoms with E-state index in [1.165, 1.54) is 0 Å². The second kappa shape index (κ2) is 7.07. The van der Waals surface area contributed by atoms with Gasteiger partial charge in [-0.15, -0.1) is 0 Å². The van der Waals surface area contributed by atoms with Crippen LogP contribution >= 0.6 is 0 Å². The Morgan fingerprint density at radius 1 is 1.17 bits per heavy atom. The van der Waals surface area contributed by atoms with Crippen molar-refractivity contribution in [2.24, 2.45) is 0 Å². The van der Waals surface area contributed by atoms with Crippen molar-refractivity contribution in [1.29, 1.82) is 0 Å². The number of carbonyl (C=O) groups excluding carboxylic acids is 1. The molecular weight excluding hydrogens is 290 g/mol. The van der Waals surface area contributed by atoms with E-state index >= 15 is 0 Å². The summed E-state index contributed by atoms with van der Waals surface area (Å²) in [5, 5.41) is 12.9. The number of aliphatic hydroxyl groups excluding tert-OH is 1. The monoisotopic (exact) mass is 309 g/mol. The van der Waals surface area contributed by atoms with Gasteiger partial charge < -0.3 is 15.4 Å². The number of fused-ring (bicyclic) bond motifs is 1. The number of carbonyl (C=O) groups is 1. The minimum Gasteiger partial charge on any atom is -0.392 e. The van der Waals surface area contributed by atoms with E-state index in [0.717, 1.165) is 34.1 Å². The fourth-order valence-corrected chi connectivity index (χ4v) is 2.55. The topological polar surface area (TPSA) is 78.0 Å². The molecule has 0 saturated carbocycles. The number of benzene rings is 1. The largest absolute Gasteiger partial charge is 0.392 e. The summed E-state index contributed by atoms with van der Waals surface area (Å²) in [6.07, 6.45) is 4.68. The van der Waals surface area contributed by atoms with Gasteiger partial charge in [0.1, 0.15) is 5.65 Å². The quantitative estimate of drug-likeness (QED) is 0.651. The van der Waals surface area contributed by atoms with Gasteiger partial charge in [0.2, 0.25) is 5.91 Å². The van der Waals surface area contributed by atoms with E-state index in [2.05, 4.69) is 15.3 Å². The molecule has 23 heavy (non-hydrogen) atoms. The van der Waals surface area contributed by atoms with Crippen LogP contribution in [0.3, 0.4) is 0 Å².